The molecule has 1 heterocycles. The van der Waals surface area contributed by atoms with Gasteiger partial charge in [0.05, 0.1) is 18.1 Å². The third-order valence-electron chi connectivity index (χ3n) is 3.98. The summed E-state index contributed by atoms with van der Waals surface area (Å²) < 4.78 is 28.4. The zero-order chi connectivity index (χ0) is 16.0. The first-order valence-corrected chi connectivity index (χ1v) is 9.37. The van der Waals surface area contributed by atoms with Crippen LogP contribution in [-0.2, 0) is 25.8 Å². The fourth-order valence-corrected chi connectivity index (χ4v) is 4.49. The summed E-state index contributed by atoms with van der Waals surface area (Å²) in [6.07, 6.45) is 1.59. The SMILES string of the molecule is COCCN(C(=O)CCc1ccccc1)C1CCS(=O)(=O)C1. The van der Waals surface area contributed by atoms with Crippen molar-refractivity contribution in [2.45, 2.75) is 25.3 Å². The fraction of sp³-hybridized carbons (Fsp3) is 0.562. The third-order valence-corrected chi connectivity index (χ3v) is 5.73. The number of carbonyl (C=O) groups excluding carboxylic acids is 1. The van der Waals surface area contributed by atoms with Crippen LogP contribution in [0.15, 0.2) is 30.3 Å². The molecule has 22 heavy (non-hydrogen) atoms. The van der Waals surface area contributed by atoms with Crippen molar-refractivity contribution in [2.24, 2.45) is 0 Å². The Hall–Kier alpha value is -1.40. The molecule has 1 amide bonds. The summed E-state index contributed by atoms with van der Waals surface area (Å²) in [5.41, 5.74) is 1.11. The van der Waals surface area contributed by atoms with Crippen LogP contribution in [0.5, 0.6) is 0 Å². The Morgan fingerprint density at radius 3 is 2.64 bits per heavy atom. The van der Waals surface area contributed by atoms with E-state index in [9.17, 15) is 13.2 Å². The van der Waals surface area contributed by atoms with E-state index in [1.165, 1.54) is 0 Å². The molecule has 1 aromatic carbocycles. The Morgan fingerprint density at radius 1 is 1.32 bits per heavy atom. The Balaban J connectivity index is 1.97. The number of rotatable bonds is 7. The van der Waals surface area contributed by atoms with Crippen LogP contribution in [-0.4, -0.2) is 57.0 Å². The van der Waals surface area contributed by atoms with Gasteiger partial charge in [0, 0.05) is 26.1 Å². The van der Waals surface area contributed by atoms with Gasteiger partial charge in [-0.15, -0.1) is 0 Å². The zero-order valence-corrected chi connectivity index (χ0v) is 13.7. The molecule has 1 unspecified atom stereocenters. The third kappa shape index (κ3) is 4.81. The second-order valence-corrected chi connectivity index (χ2v) is 7.85. The number of aryl methyl sites for hydroxylation is 1. The van der Waals surface area contributed by atoms with E-state index in [4.69, 9.17) is 4.74 Å². The molecular weight excluding hydrogens is 302 g/mol. The monoisotopic (exact) mass is 325 g/mol. The largest absolute Gasteiger partial charge is 0.383 e. The quantitative estimate of drug-likeness (QED) is 0.757. The summed E-state index contributed by atoms with van der Waals surface area (Å²) in [6, 6.07) is 9.63. The first kappa shape index (κ1) is 17.0. The lowest BCUT2D eigenvalue weighted by molar-refractivity contribution is -0.133. The van der Waals surface area contributed by atoms with Gasteiger partial charge in [-0.3, -0.25) is 4.79 Å². The summed E-state index contributed by atoms with van der Waals surface area (Å²) in [6.45, 7) is 0.873. The first-order chi connectivity index (χ1) is 10.5. The van der Waals surface area contributed by atoms with Gasteiger partial charge in [-0.25, -0.2) is 8.42 Å². The molecule has 0 aliphatic carbocycles. The maximum absolute atomic E-state index is 12.5. The Bertz CT molecular complexity index is 585. The van der Waals surface area contributed by atoms with Crippen LogP contribution < -0.4 is 0 Å². The number of methoxy groups -OCH3 is 1. The number of hydrogen-bond acceptors (Lipinski definition) is 4. The van der Waals surface area contributed by atoms with Gasteiger partial charge in [0.1, 0.15) is 0 Å². The number of benzene rings is 1. The highest BCUT2D eigenvalue weighted by molar-refractivity contribution is 7.91. The van der Waals surface area contributed by atoms with Crippen LogP contribution in [0.25, 0.3) is 0 Å². The lowest BCUT2D eigenvalue weighted by Gasteiger charge is -2.28. The molecule has 1 atom stereocenters. The molecule has 1 aliphatic heterocycles. The number of hydrogen-bond donors (Lipinski definition) is 0. The molecule has 0 spiro atoms. The summed E-state index contributed by atoms with van der Waals surface area (Å²) >= 11 is 0. The average Bonchev–Trinajstić information content (AvgIpc) is 2.86. The van der Waals surface area contributed by atoms with Crippen molar-refractivity contribution >= 4 is 15.7 Å². The predicted octanol–water partition coefficient (Wildman–Crippen LogP) is 1.28. The van der Waals surface area contributed by atoms with Crippen molar-refractivity contribution in [1.82, 2.24) is 4.90 Å². The highest BCUT2D eigenvalue weighted by Crippen LogP contribution is 2.19. The molecule has 122 valence electrons. The molecule has 1 aliphatic rings. The van der Waals surface area contributed by atoms with E-state index in [1.54, 1.807) is 12.0 Å². The van der Waals surface area contributed by atoms with E-state index >= 15 is 0 Å². The smallest absolute Gasteiger partial charge is 0.223 e. The Labute approximate surface area is 132 Å². The van der Waals surface area contributed by atoms with Crippen molar-refractivity contribution in [3.05, 3.63) is 35.9 Å². The highest BCUT2D eigenvalue weighted by atomic mass is 32.2. The molecule has 0 aromatic heterocycles. The summed E-state index contributed by atoms with van der Waals surface area (Å²) in [5.74, 6) is 0.254. The van der Waals surface area contributed by atoms with Crippen LogP contribution in [0.3, 0.4) is 0 Å². The average molecular weight is 325 g/mol. The predicted molar refractivity (Wildman–Crippen MR) is 85.4 cm³/mol. The second-order valence-electron chi connectivity index (χ2n) is 5.62. The normalized spacial score (nSPS) is 20.0. The van der Waals surface area contributed by atoms with E-state index in [1.807, 2.05) is 30.3 Å². The van der Waals surface area contributed by atoms with Crippen molar-refractivity contribution in [1.29, 1.82) is 0 Å². The van der Waals surface area contributed by atoms with E-state index in [0.29, 0.717) is 32.4 Å². The Kier molecular flexibility index (Phi) is 5.97. The molecule has 1 saturated heterocycles. The molecule has 5 nitrogen and oxygen atoms in total. The maximum Gasteiger partial charge on any atom is 0.223 e. The van der Waals surface area contributed by atoms with Gasteiger partial charge >= 0.3 is 0 Å². The van der Waals surface area contributed by atoms with Crippen LogP contribution in [0.1, 0.15) is 18.4 Å². The maximum atomic E-state index is 12.5. The van der Waals surface area contributed by atoms with Crippen molar-refractivity contribution in [3.8, 4) is 0 Å². The molecule has 1 fully saturated rings. The minimum atomic E-state index is -3.00. The molecule has 1 aromatic rings. The standard InChI is InChI=1S/C16H23NO4S/c1-21-11-10-17(15-9-12-22(19,20)13-15)16(18)8-7-14-5-3-2-4-6-14/h2-6,15H,7-13H2,1H3. The lowest BCUT2D eigenvalue weighted by atomic mass is 10.1. The van der Waals surface area contributed by atoms with Crippen molar-refractivity contribution in [3.63, 3.8) is 0 Å². The van der Waals surface area contributed by atoms with Crippen LogP contribution in [0.4, 0.5) is 0 Å². The number of amides is 1. The van der Waals surface area contributed by atoms with E-state index < -0.39 is 9.84 Å². The van der Waals surface area contributed by atoms with Crippen molar-refractivity contribution in [2.75, 3.05) is 31.8 Å². The summed E-state index contributed by atoms with van der Waals surface area (Å²) in [5, 5.41) is 0. The lowest BCUT2D eigenvalue weighted by Crippen LogP contribution is -2.43. The highest BCUT2D eigenvalue weighted by Gasteiger charge is 2.34. The minimum absolute atomic E-state index is 0.00278. The summed E-state index contributed by atoms with van der Waals surface area (Å²) in [4.78, 5) is 14.2. The topological polar surface area (TPSA) is 63.7 Å². The van der Waals surface area contributed by atoms with Gasteiger partial charge in [-0.05, 0) is 18.4 Å². The molecule has 0 N–H and O–H groups in total. The van der Waals surface area contributed by atoms with Gasteiger partial charge in [0.15, 0.2) is 9.84 Å². The zero-order valence-electron chi connectivity index (χ0n) is 12.9. The molecule has 6 heteroatoms. The van der Waals surface area contributed by atoms with E-state index in [-0.39, 0.29) is 23.5 Å². The second kappa shape index (κ2) is 7.74. The van der Waals surface area contributed by atoms with Gasteiger partial charge in [0.2, 0.25) is 5.91 Å². The molecular formula is C16H23NO4S. The Morgan fingerprint density at radius 2 is 2.05 bits per heavy atom. The van der Waals surface area contributed by atoms with Gasteiger partial charge < -0.3 is 9.64 Å². The number of carbonyl (C=O) groups is 1. The first-order valence-electron chi connectivity index (χ1n) is 7.54. The van der Waals surface area contributed by atoms with Gasteiger partial charge in [-0.2, -0.15) is 0 Å². The van der Waals surface area contributed by atoms with E-state index in [2.05, 4.69) is 0 Å². The number of ether oxygens (including phenoxy) is 1. The van der Waals surface area contributed by atoms with Crippen LogP contribution in [0.2, 0.25) is 0 Å². The van der Waals surface area contributed by atoms with Crippen molar-refractivity contribution < 1.29 is 17.9 Å². The van der Waals surface area contributed by atoms with Gasteiger partial charge in [-0.1, -0.05) is 30.3 Å². The summed E-state index contributed by atoms with van der Waals surface area (Å²) in [7, 11) is -1.42. The minimum Gasteiger partial charge on any atom is -0.383 e. The van der Waals surface area contributed by atoms with E-state index in [0.717, 1.165) is 5.56 Å². The van der Waals surface area contributed by atoms with Crippen LogP contribution in [0, 0.1) is 0 Å². The molecule has 0 bridgehead atoms. The van der Waals surface area contributed by atoms with Gasteiger partial charge in [0.25, 0.3) is 0 Å². The molecule has 0 saturated carbocycles. The molecule has 0 radical (unpaired) electrons. The fourth-order valence-electron chi connectivity index (χ4n) is 2.76. The number of sulfone groups is 1. The molecule has 2 rings (SSSR count). The number of nitrogens with zero attached hydrogens (tertiary/aromatic N) is 1. The van der Waals surface area contributed by atoms with Crippen LogP contribution >= 0.6 is 0 Å².